The van der Waals surface area contributed by atoms with Gasteiger partial charge in [-0.2, -0.15) is 0 Å². The van der Waals surface area contributed by atoms with Crippen LogP contribution in [0.1, 0.15) is 96.0 Å². The Labute approximate surface area is 183 Å². The van der Waals surface area contributed by atoms with Crippen LogP contribution in [0.2, 0.25) is 0 Å². The average molecular weight is 419 g/mol. The zero-order chi connectivity index (χ0) is 22.0. The molecule has 0 saturated heterocycles. The minimum absolute atomic E-state index is 0.247. The van der Waals surface area contributed by atoms with E-state index in [1.807, 2.05) is 12.1 Å². The Hall–Kier alpha value is -2.04. The SMILES string of the molecule is CCCCCCCCCCCCCCN(CCCc1ccc(O)cc1)C(=O)C(N)=O. The molecule has 0 aliphatic rings. The number of hydrogen-bond acceptors (Lipinski definition) is 3. The molecule has 0 aliphatic heterocycles. The van der Waals surface area contributed by atoms with Gasteiger partial charge in [-0.25, -0.2) is 0 Å². The van der Waals surface area contributed by atoms with Gasteiger partial charge < -0.3 is 15.7 Å². The Morgan fingerprint density at radius 3 is 1.73 bits per heavy atom. The maximum absolute atomic E-state index is 12.1. The van der Waals surface area contributed by atoms with Gasteiger partial charge in [-0.3, -0.25) is 9.59 Å². The molecular weight excluding hydrogens is 376 g/mol. The fraction of sp³-hybridized carbons (Fsp3) is 0.680. The van der Waals surface area contributed by atoms with Crippen molar-refractivity contribution in [3.05, 3.63) is 29.8 Å². The molecule has 0 unspecified atom stereocenters. The lowest BCUT2D eigenvalue weighted by molar-refractivity contribution is -0.144. The summed E-state index contributed by atoms with van der Waals surface area (Å²) in [4.78, 5) is 25.0. The van der Waals surface area contributed by atoms with E-state index in [4.69, 9.17) is 5.73 Å². The second kappa shape index (κ2) is 16.7. The highest BCUT2D eigenvalue weighted by Gasteiger charge is 2.18. The summed E-state index contributed by atoms with van der Waals surface area (Å²) < 4.78 is 0. The van der Waals surface area contributed by atoms with E-state index in [1.165, 1.54) is 64.2 Å². The van der Waals surface area contributed by atoms with Crippen molar-refractivity contribution in [1.29, 1.82) is 0 Å². The van der Waals surface area contributed by atoms with Crippen LogP contribution in [0.25, 0.3) is 0 Å². The number of unbranched alkanes of at least 4 members (excludes halogenated alkanes) is 11. The Kier molecular flexibility index (Phi) is 14.5. The Bertz CT molecular complexity index is 587. The van der Waals surface area contributed by atoms with Crippen LogP contribution in [0.4, 0.5) is 0 Å². The maximum atomic E-state index is 12.1. The van der Waals surface area contributed by atoms with Gasteiger partial charge in [-0.1, -0.05) is 89.7 Å². The lowest BCUT2D eigenvalue weighted by Crippen LogP contribution is -2.41. The minimum atomic E-state index is -0.876. The van der Waals surface area contributed by atoms with Crippen LogP contribution in [0, 0.1) is 0 Å². The number of primary amides is 1. The normalized spacial score (nSPS) is 10.8. The van der Waals surface area contributed by atoms with Gasteiger partial charge in [0.15, 0.2) is 0 Å². The van der Waals surface area contributed by atoms with E-state index < -0.39 is 11.8 Å². The average Bonchev–Trinajstić information content (AvgIpc) is 2.74. The largest absolute Gasteiger partial charge is 0.508 e. The van der Waals surface area contributed by atoms with Gasteiger partial charge >= 0.3 is 11.8 Å². The zero-order valence-corrected chi connectivity index (χ0v) is 18.9. The highest BCUT2D eigenvalue weighted by Crippen LogP contribution is 2.13. The van der Waals surface area contributed by atoms with E-state index in [1.54, 1.807) is 17.0 Å². The van der Waals surface area contributed by atoms with E-state index in [0.29, 0.717) is 13.1 Å². The van der Waals surface area contributed by atoms with E-state index in [2.05, 4.69) is 6.92 Å². The number of amides is 2. The Morgan fingerprint density at radius 1 is 0.767 bits per heavy atom. The summed E-state index contributed by atoms with van der Waals surface area (Å²) in [6, 6.07) is 7.07. The van der Waals surface area contributed by atoms with Gasteiger partial charge in [-0.05, 0) is 37.0 Å². The van der Waals surface area contributed by atoms with E-state index in [-0.39, 0.29) is 5.75 Å². The Balaban J connectivity index is 2.14. The quantitative estimate of drug-likeness (QED) is 0.264. The van der Waals surface area contributed by atoms with Gasteiger partial charge in [-0.15, -0.1) is 0 Å². The van der Waals surface area contributed by atoms with Crippen molar-refractivity contribution in [2.24, 2.45) is 5.73 Å². The third-order valence-electron chi connectivity index (χ3n) is 5.61. The van der Waals surface area contributed by atoms with E-state index in [9.17, 15) is 14.7 Å². The molecule has 0 radical (unpaired) electrons. The molecule has 0 heterocycles. The summed E-state index contributed by atoms with van der Waals surface area (Å²) >= 11 is 0. The molecule has 0 aliphatic carbocycles. The molecule has 1 aromatic rings. The summed E-state index contributed by atoms with van der Waals surface area (Å²) in [5.41, 5.74) is 6.32. The molecule has 3 N–H and O–H groups in total. The second-order valence-corrected chi connectivity index (χ2v) is 8.32. The maximum Gasteiger partial charge on any atom is 0.311 e. The highest BCUT2D eigenvalue weighted by molar-refractivity contribution is 6.34. The van der Waals surface area contributed by atoms with Crippen LogP contribution in [-0.2, 0) is 16.0 Å². The number of phenols is 1. The molecule has 0 atom stereocenters. The summed E-state index contributed by atoms with van der Waals surface area (Å²) in [5.74, 6) is -1.21. The number of carbonyl (C=O) groups excluding carboxylic acids is 2. The fourth-order valence-electron chi connectivity index (χ4n) is 3.75. The molecule has 5 nitrogen and oxygen atoms in total. The summed E-state index contributed by atoms with van der Waals surface area (Å²) in [7, 11) is 0. The summed E-state index contributed by atoms with van der Waals surface area (Å²) in [5, 5.41) is 9.34. The van der Waals surface area contributed by atoms with Crippen molar-refractivity contribution in [2.45, 2.75) is 96.8 Å². The number of carbonyl (C=O) groups is 2. The number of nitrogens with zero attached hydrogens (tertiary/aromatic N) is 1. The van der Waals surface area contributed by atoms with Crippen LogP contribution >= 0.6 is 0 Å². The molecule has 2 amide bonds. The van der Waals surface area contributed by atoms with Crippen molar-refractivity contribution in [2.75, 3.05) is 13.1 Å². The summed E-state index contributed by atoms with van der Waals surface area (Å²) in [6.45, 7) is 3.37. The van der Waals surface area contributed by atoms with Crippen molar-refractivity contribution in [3.63, 3.8) is 0 Å². The lowest BCUT2D eigenvalue weighted by atomic mass is 10.1. The number of hydrogen-bond donors (Lipinski definition) is 2. The first-order valence-corrected chi connectivity index (χ1v) is 11.9. The first-order valence-electron chi connectivity index (χ1n) is 11.9. The number of aryl methyl sites for hydroxylation is 1. The molecule has 0 spiro atoms. The molecule has 30 heavy (non-hydrogen) atoms. The summed E-state index contributed by atoms with van der Waals surface area (Å²) in [6.07, 6.45) is 16.8. The van der Waals surface area contributed by atoms with Gasteiger partial charge in [0, 0.05) is 13.1 Å². The van der Waals surface area contributed by atoms with Crippen LogP contribution in [0.15, 0.2) is 24.3 Å². The van der Waals surface area contributed by atoms with Crippen molar-refractivity contribution in [1.82, 2.24) is 4.90 Å². The number of aromatic hydroxyl groups is 1. The minimum Gasteiger partial charge on any atom is -0.508 e. The standard InChI is InChI=1S/C25H42N2O3/c1-2-3-4-5-6-7-8-9-10-11-12-13-20-27(25(30)24(26)29)21-14-15-22-16-18-23(28)19-17-22/h16-19,28H,2-15,20-21H2,1H3,(H2,26,29). The topological polar surface area (TPSA) is 83.6 Å². The van der Waals surface area contributed by atoms with Crippen LogP contribution < -0.4 is 5.73 Å². The van der Waals surface area contributed by atoms with Crippen molar-refractivity contribution < 1.29 is 14.7 Å². The van der Waals surface area contributed by atoms with E-state index >= 15 is 0 Å². The molecule has 0 aromatic heterocycles. The Morgan fingerprint density at radius 2 is 1.23 bits per heavy atom. The third-order valence-corrected chi connectivity index (χ3v) is 5.61. The molecule has 0 saturated carbocycles. The number of benzene rings is 1. The van der Waals surface area contributed by atoms with Gasteiger partial charge in [0.25, 0.3) is 0 Å². The molecule has 1 aromatic carbocycles. The number of nitrogens with two attached hydrogens (primary N) is 1. The van der Waals surface area contributed by atoms with Gasteiger partial charge in [0.2, 0.25) is 0 Å². The van der Waals surface area contributed by atoms with Crippen LogP contribution in [0.3, 0.4) is 0 Å². The number of rotatable bonds is 17. The molecule has 0 fully saturated rings. The van der Waals surface area contributed by atoms with Gasteiger partial charge in [0.1, 0.15) is 5.75 Å². The highest BCUT2D eigenvalue weighted by atomic mass is 16.3. The van der Waals surface area contributed by atoms with Crippen LogP contribution in [-0.4, -0.2) is 34.9 Å². The van der Waals surface area contributed by atoms with Gasteiger partial charge in [0.05, 0.1) is 0 Å². The predicted octanol–water partition coefficient (Wildman–Crippen LogP) is 5.34. The molecule has 0 bridgehead atoms. The number of phenolic OH excluding ortho intramolecular Hbond substituents is 1. The van der Waals surface area contributed by atoms with Crippen molar-refractivity contribution in [3.8, 4) is 5.75 Å². The predicted molar refractivity (Wildman–Crippen MR) is 123 cm³/mol. The first kappa shape index (κ1) is 26.0. The molecular formula is C25H42N2O3. The first-order chi connectivity index (χ1) is 14.5. The van der Waals surface area contributed by atoms with E-state index in [0.717, 1.165) is 31.2 Å². The third kappa shape index (κ3) is 12.5. The molecule has 170 valence electrons. The fourth-order valence-corrected chi connectivity index (χ4v) is 3.75. The second-order valence-electron chi connectivity index (χ2n) is 8.32. The van der Waals surface area contributed by atoms with Crippen LogP contribution in [0.5, 0.6) is 5.75 Å². The molecule has 1 rings (SSSR count). The smallest absolute Gasteiger partial charge is 0.311 e. The monoisotopic (exact) mass is 418 g/mol. The molecule has 5 heteroatoms. The van der Waals surface area contributed by atoms with Crippen molar-refractivity contribution >= 4 is 11.8 Å². The lowest BCUT2D eigenvalue weighted by Gasteiger charge is -2.21. The zero-order valence-electron chi connectivity index (χ0n) is 18.9.